The second-order valence-electron chi connectivity index (χ2n) is 7.88. The molecule has 0 aliphatic carbocycles. The molecule has 0 N–H and O–H groups in total. The lowest BCUT2D eigenvalue weighted by Gasteiger charge is -2.17. The predicted octanol–water partition coefficient (Wildman–Crippen LogP) is 6.96. The summed E-state index contributed by atoms with van der Waals surface area (Å²) in [5, 5.41) is 9.55. The molecule has 4 nitrogen and oxygen atoms in total. The first-order valence-electron chi connectivity index (χ1n) is 10.7. The van der Waals surface area contributed by atoms with Crippen molar-refractivity contribution in [3.05, 3.63) is 102 Å². The highest BCUT2D eigenvalue weighted by Gasteiger charge is 2.21. The van der Waals surface area contributed by atoms with Gasteiger partial charge in [0.05, 0.1) is 0 Å². The van der Waals surface area contributed by atoms with E-state index in [4.69, 9.17) is 4.74 Å². The van der Waals surface area contributed by atoms with Crippen LogP contribution in [0.25, 0.3) is 5.69 Å². The third kappa shape index (κ3) is 5.02. The number of nitrogens with zero attached hydrogens (tertiary/aromatic N) is 3. The molecule has 32 heavy (non-hydrogen) atoms. The monoisotopic (exact) mass is 447 g/mol. The summed E-state index contributed by atoms with van der Waals surface area (Å²) in [5.41, 5.74) is 2.84. The van der Waals surface area contributed by atoms with Crippen LogP contribution >= 0.6 is 11.8 Å². The first kappa shape index (κ1) is 22.1. The number of hydrogen-bond donors (Lipinski definition) is 0. The van der Waals surface area contributed by atoms with Crippen LogP contribution in [0.15, 0.2) is 84.0 Å². The number of thioether (sulfide) groups is 1. The molecule has 1 aromatic heterocycles. The van der Waals surface area contributed by atoms with Crippen LogP contribution in [0.3, 0.4) is 0 Å². The molecule has 1 heterocycles. The summed E-state index contributed by atoms with van der Waals surface area (Å²) >= 11 is 1.45. The SMILES string of the molecule is CC(C)c1ccc(OC(C)c2nnc(SCc3ccccc3F)n2-c2ccccc2)cc1. The molecule has 3 aromatic carbocycles. The smallest absolute Gasteiger partial charge is 0.196 e. The maximum Gasteiger partial charge on any atom is 0.196 e. The molecule has 0 bridgehead atoms. The summed E-state index contributed by atoms with van der Waals surface area (Å²) in [6.45, 7) is 6.30. The van der Waals surface area contributed by atoms with Gasteiger partial charge in [0.1, 0.15) is 11.6 Å². The molecule has 0 radical (unpaired) electrons. The Labute approximate surface area is 192 Å². The molecular formula is C26H26FN3OS. The third-order valence-corrected chi connectivity index (χ3v) is 6.19. The van der Waals surface area contributed by atoms with Gasteiger partial charge in [-0.05, 0) is 54.3 Å². The minimum absolute atomic E-state index is 0.215. The van der Waals surface area contributed by atoms with E-state index in [1.807, 2.05) is 60.0 Å². The van der Waals surface area contributed by atoms with Crippen LogP contribution in [0.5, 0.6) is 5.75 Å². The van der Waals surface area contributed by atoms with E-state index in [0.29, 0.717) is 28.2 Å². The van der Waals surface area contributed by atoms with Crippen LogP contribution in [0, 0.1) is 5.82 Å². The van der Waals surface area contributed by atoms with Crippen LogP contribution in [-0.4, -0.2) is 14.8 Å². The van der Waals surface area contributed by atoms with Gasteiger partial charge in [0.25, 0.3) is 0 Å². The van der Waals surface area contributed by atoms with Crippen molar-refractivity contribution in [3.63, 3.8) is 0 Å². The standard InChI is InChI=1S/C26H26FN3OS/c1-18(2)20-13-15-23(16-14-20)31-19(3)25-28-29-26(30(25)22-10-5-4-6-11-22)32-17-21-9-7-8-12-24(21)27/h4-16,18-19H,17H2,1-3H3. The first-order valence-corrected chi connectivity index (χ1v) is 11.6. The predicted molar refractivity (Wildman–Crippen MR) is 127 cm³/mol. The van der Waals surface area contributed by atoms with Gasteiger partial charge in [-0.25, -0.2) is 4.39 Å². The molecule has 4 rings (SSSR count). The summed E-state index contributed by atoms with van der Waals surface area (Å²) in [5.74, 6) is 2.19. The lowest BCUT2D eigenvalue weighted by atomic mass is 10.0. The van der Waals surface area contributed by atoms with E-state index in [1.165, 1.54) is 23.4 Å². The second kappa shape index (κ2) is 10.0. The maximum absolute atomic E-state index is 14.1. The third-order valence-electron chi connectivity index (χ3n) is 5.21. The molecule has 0 spiro atoms. The van der Waals surface area contributed by atoms with Crippen molar-refractivity contribution in [1.82, 2.24) is 14.8 Å². The Kier molecular flexibility index (Phi) is 6.90. The lowest BCUT2D eigenvalue weighted by molar-refractivity contribution is 0.213. The van der Waals surface area contributed by atoms with Gasteiger partial charge in [0, 0.05) is 11.4 Å². The number of hydrogen-bond acceptors (Lipinski definition) is 4. The Morgan fingerprint density at radius 3 is 2.25 bits per heavy atom. The Balaban J connectivity index is 1.60. The van der Waals surface area contributed by atoms with Crippen molar-refractivity contribution in [2.75, 3.05) is 0 Å². The minimum Gasteiger partial charge on any atom is -0.483 e. The van der Waals surface area contributed by atoms with Crippen molar-refractivity contribution in [1.29, 1.82) is 0 Å². The fourth-order valence-electron chi connectivity index (χ4n) is 3.40. The summed E-state index contributed by atoms with van der Waals surface area (Å²) in [4.78, 5) is 0. The van der Waals surface area contributed by atoms with E-state index >= 15 is 0 Å². The molecule has 6 heteroatoms. The van der Waals surface area contributed by atoms with Gasteiger partial charge in [0.15, 0.2) is 17.1 Å². The Morgan fingerprint density at radius 2 is 1.56 bits per heavy atom. The van der Waals surface area contributed by atoms with Crippen LogP contribution in [0.4, 0.5) is 4.39 Å². The number of rotatable bonds is 8. The van der Waals surface area contributed by atoms with Crippen LogP contribution in [0.1, 0.15) is 49.7 Å². The number of benzene rings is 3. The van der Waals surface area contributed by atoms with Gasteiger partial charge >= 0.3 is 0 Å². The van der Waals surface area contributed by atoms with Gasteiger partial charge in [-0.1, -0.05) is 74.1 Å². The number of ether oxygens (including phenoxy) is 1. The zero-order valence-corrected chi connectivity index (χ0v) is 19.2. The van der Waals surface area contributed by atoms with Crippen LogP contribution < -0.4 is 4.74 Å². The van der Waals surface area contributed by atoms with Crippen LogP contribution in [-0.2, 0) is 5.75 Å². The van der Waals surface area contributed by atoms with Crippen LogP contribution in [0.2, 0.25) is 0 Å². The average Bonchev–Trinajstić information content (AvgIpc) is 3.23. The maximum atomic E-state index is 14.1. The number of halogens is 1. The van der Waals surface area contributed by atoms with E-state index in [0.717, 1.165) is 11.4 Å². The molecule has 0 amide bonds. The molecule has 0 saturated carbocycles. The fourth-order valence-corrected chi connectivity index (χ4v) is 4.35. The highest BCUT2D eigenvalue weighted by Crippen LogP contribution is 2.30. The van der Waals surface area contributed by atoms with E-state index in [1.54, 1.807) is 12.1 Å². The van der Waals surface area contributed by atoms with E-state index in [-0.39, 0.29) is 11.9 Å². The highest BCUT2D eigenvalue weighted by molar-refractivity contribution is 7.98. The Morgan fingerprint density at radius 1 is 0.875 bits per heavy atom. The molecule has 0 fully saturated rings. The Hall–Kier alpha value is -3.12. The summed E-state index contributed by atoms with van der Waals surface area (Å²) in [7, 11) is 0. The van der Waals surface area contributed by atoms with Gasteiger partial charge < -0.3 is 4.74 Å². The molecule has 1 atom stereocenters. The number of para-hydroxylation sites is 1. The normalized spacial score (nSPS) is 12.2. The van der Waals surface area contributed by atoms with E-state index < -0.39 is 0 Å². The molecule has 0 saturated heterocycles. The lowest BCUT2D eigenvalue weighted by Crippen LogP contribution is -2.11. The fraction of sp³-hybridized carbons (Fsp3) is 0.231. The summed E-state index contributed by atoms with van der Waals surface area (Å²) < 4.78 is 22.3. The Bertz CT molecular complexity index is 1160. The first-order chi connectivity index (χ1) is 15.5. The van der Waals surface area contributed by atoms with Crippen molar-refractivity contribution >= 4 is 11.8 Å². The molecule has 0 aliphatic rings. The van der Waals surface area contributed by atoms with Gasteiger partial charge in [0.2, 0.25) is 0 Å². The second-order valence-corrected chi connectivity index (χ2v) is 8.82. The number of aromatic nitrogens is 3. The van der Waals surface area contributed by atoms with Gasteiger partial charge in [-0.3, -0.25) is 4.57 Å². The van der Waals surface area contributed by atoms with Gasteiger partial charge in [-0.15, -0.1) is 10.2 Å². The van der Waals surface area contributed by atoms with Crippen molar-refractivity contribution in [2.24, 2.45) is 0 Å². The van der Waals surface area contributed by atoms with Crippen molar-refractivity contribution in [3.8, 4) is 11.4 Å². The minimum atomic E-state index is -0.324. The average molecular weight is 448 g/mol. The largest absolute Gasteiger partial charge is 0.483 e. The molecule has 164 valence electrons. The molecule has 4 aromatic rings. The quantitative estimate of drug-likeness (QED) is 0.274. The topological polar surface area (TPSA) is 39.9 Å². The van der Waals surface area contributed by atoms with E-state index in [9.17, 15) is 4.39 Å². The molecule has 0 aliphatic heterocycles. The summed E-state index contributed by atoms with van der Waals surface area (Å²) in [6.07, 6.45) is -0.324. The van der Waals surface area contributed by atoms with Crippen molar-refractivity contribution < 1.29 is 9.13 Å². The van der Waals surface area contributed by atoms with Gasteiger partial charge in [-0.2, -0.15) is 0 Å². The zero-order valence-electron chi connectivity index (χ0n) is 18.4. The summed E-state index contributed by atoms with van der Waals surface area (Å²) in [6, 6.07) is 24.9. The zero-order chi connectivity index (χ0) is 22.5. The van der Waals surface area contributed by atoms with E-state index in [2.05, 4.69) is 36.2 Å². The molecular weight excluding hydrogens is 421 g/mol. The molecule has 1 unspecified atom stereocenters. The van der Waals surface area contributed by atoms with Crippen molar-refractivity contribution in [2.45, 2.75) is 43.7 Å². The highest BCUT2D eigenvalue weighted by atomic mass is 32.2.